The molecule has 0 fully saturated rings. The van der Waals surface area contributed by atoms with Crippen LogP contribution in [0.1, 0.15) is 32.3 Å². The monoisotopic (exact) mass is 333 g/mol. The van der Waals surface area contributed by atoms with Crippen LogP contribution in [-0.4, -0.2) is 18.0 Å². The molecule has 1 rings (SSSR count). The van der Waals surface area contributed by atoms with Crippen molar-refractivity contribution in [2.75, 3.05) is 13.1 Å². The molecule has 0 amide bonds. The molecule has 0 heterocycles. The summed E-state index contributed by atoms with van der Waals surface area (Å²) < 4.78 is 0. The van der Waals surface area contributed by atoms with E-state index in [4.69, 9.17) is 0 Å². The molecule has 1 nitrogen and oxygen atoms in total. The minimum absolute atomic E-state index is 1.06. The van der Waals surface area contributed by atoms with Crippen molar-refractivity contribution < 1.29 is 16.3 Å². The van der Waals surface area contributed by atoms with E-state index in [-0.39, 0.29) is 0 Å². The fourth-order valence-electron chi connectivity index (χ4n) is 1.52. The summed E-state index contributed by atoms with van der Waals surface area (Å²) in [7, 11) is 0. The van der Waals surface area contributed by atoms with Crippen molar-refractivity contribution in [3.8, 4) is 0 Å². The summed E-state index contributed by atoms with van der Waals surface area (Å²) >= 11 is 4.25. The minimum atomic E-state index is 1.06. The number of halogens is 1. The quantitative estimate of drug-likeness (QED) is 0.562. The third kappa shape index (κ3) is 7.54. The van der Waals surface area contributed by atoms with E-state index in [1.54, 1.807) is 0 Å². The molecule has 86 valence electrons. The molecule has 0 unspecified atom stereocenters. The van der Waals surface area contributed by atoms with Crippen LogP contribution in [0.4, 0.5) is 0 Å². The number of nitrogens with zero attached hydrogens (tertiary/aromatic N) is 1. The zero-order valence-electron chi connectivity index (χ0n) is 10.4. The summed E-state index contributed by atoms with van der Waals surface area (Å²) in [5.41, 5.74) is 1.37. The van der Waals surface area contributed by atoms with Gasteiger partial charge in [-0.1, -0.05) is 20.3 Å². The Hall–Kier alpha value is 0.283. The average Bonchev–Trinajstić information content (AvgIpc) is 2.38. The summed E-state index contributed by atoms with van der Waals surface area (Å²) in [6, 6.07) is 11.4. The Bertz CT molecular complexity index is 241. The first-order valence-corrected chi connectivity index (χ1v) is 12.8. The van der Waals surface area contributed by atoms with Gasteiger partial charge in [0.05, 0.1) is 0 Å². The summed E-state index contributed by atoms with van der Waals surface area (Å²) in [6.07, 6.45) is 2.57. The Morgan fingerprint density at radius 2 is 2.12 bits per heavy atom. The van der Waals surface area contributed by atoms with Gasteiger partial charge in [0.2, 0.25) is 0 Å². The molecule has 16 heavy (non-hydrogen) atoms. The normalized spacial score (nSPS) is 9.88. The molecule has 0 bridgehead atoms. The van der Waals surface area contributed by atoms with Gasteiger partial charge in [-0.2, -0.15) is 30.3 Å². The van der Waals surface area contributed by atoms with E-state index in [2.05, 4.69) is 56.6 Å². The Kier molecular flexibility index (Phi) is 12.0. The Labute approximate surface area is 117 Å². The molecule has 3 heteroatoms. The van der Waals surface area contributed by atoms with Crippen LogP contribution in [0, 0.1) is 6.07 Å². The molecule has 0 N–H and O–H groups in total. The molecule has 0 atom stereocenters. The molecule has 0 radical (unpaired) electrons. The van der Waals surface area contributed by atoms with Gasteiger partial charge in [-0.25, -0.2) is 0 Å². The molecule has 0 aliphatic heterocycles. The predicted molar refractivity (Wildman–Crippen MR) is 70.1 cm³/mol. The number of unbranched alkanes of at least 4 members (excludes halogenated alkanes) is 1. The topological polar surface area (TPSA) is 3.24 Å². The van der Waals surface area contributed by atoms with Crippen molar-refractivity contribution in [3.05, 3.63) is 35.9 Å². The summed E-state index contributed by atoms with van der Waals surface area (Å²) in [5, 5.41) is 0. The van der Waals surface area contributed by atoms with Gasteiger partial charge in [-0.15, -0.1) is 5.56 Å². The fourth-order valence-corrected chi connectivity index (χ4v) is 1.52. The molecule has 0 aliphatic carbocycles. The molecule has 1 aromatic carbocycles. The van der Waals surface area contributed by atoms with Crippen LogP contribution in [0.3, 0.4) is 0 Å². The first-order valence-electron chi connectivity index (χ1n) is 5.81. The van der Waals surface area contributed by atoms with Crippen LogP contribution < -0.4 is 0 Å². The Morgan fingerprint density at radius 1 is 1.38 bits per heavy atom. The van der Waals surface area contributed by atoms with E-state index < -0.39 is 0 Å². The van der Waals surface area contributed by atoms with Gasteiger partial charge in [0, 0.05) is 0 Å². The molecule has 0 saturated heterocycles. The standard InChI is InChI=1S/C13H20N.BrH.Zn/c1-3-5-11-14(4-2)12-13-9-7-6-8-10-13;;/h6-7,9-10H,3-5,11-12H2,1-2H3;1H;/q-1;;+2/p-1. The molecule has 0 aromatic heterocycles. The molecular formula is C13H20BrNZn. The SMILES string of the molecule is CCCCN(CC)Cc1c[c-]ccc1.[Zn+][Br]. The third-order valence-electron chi connectivity index (χ3n) is 2.45. The van der Waals surface area contributed by atoms with E-state index in [0.29, 0.717) is 0 Å². The number of rotatable bonds is 6. The van der Waals surface area contributed by atoms with Gasteiger partial charge in [-0.05, 0) is 26.1 Å². The van der Waals surface area contributed by atoms with Crippen LogP contribution in [-0.2, 0) is 22.9 Å². The van der Waals surface area contributed by atoms with Crippen molar-refractivity contribution >= 4 is 13.6 Å². The van der Waals surface area contributed by atoms with Crippen molar-refractivity contribution in [2.45, 2.75) is 33.2 Å². The average molecular weight is 336 g/mol. The van der Waals surface area contributed by atoms with Crippen LogP contribution in [0.15, 0.2) is 24.3 Å². The van der Waals surface area contributed by atoms with Crippen molar-refractivity contribution in [1.29, 1.82) is 0 Å². The predicted octanol–water partition coefficient (Wildman–Crippen LogP) is 3.95. The van der Waals surface area contributed by atoms with Gasteiger partial charge in [0.25, 0.3) is 0 Å². The first kappa shape index (κ1) is 16.3. The van der Waals surface area contributed by atoms with Gasteiger partial charge >= 0.3 is 30.0 Å². The molecule has 1 aromatic rings. The van der Waals surface area contributed by atoms with E-state index >= 15 is 0 Å². The summed E-state index contributed by atoms with van der Waals surface area (Å²) in [5.74, 6) is 0. The van der Waals surface area contributed by atoms with E-state index in [0.717, 1.165) is 13.1 Å². The zero-order chi connectivity index (χ0) is 12.2. The van der Waals surface area contributed by atoms with E-state index in [1.165, 1.54) is 41.3 Å². The van der Waals surface area contributed by atoms with Crippen LogP contribution in [0.2, 0.25) is 0 Å². The van der Waals surface area contributed by atoms with Gasteiger partial charge < -0.3 is 4.90 Å². The van der Waals surface area contributed by atoms with Gasteiger partial charge in [0.15, 0.2) is 0 Å². The molecule has 0 aliphatic rings. The van der Waals surface area contributed by atoms with E-state index in [1.807, 2.05) is 6.07 Å². The Balaban J connectivity index is 0.00000106. The second kappa shape index (κ2) is 11.8. The van der Waals surface area contributed by atoms with Crippen LogP contribution in [0.5, 0.6) is 0 Å². The van der Waals surface area contributed by atoms with Crippen molar-refractivity contribution in [2.24, 2.45) is 0 Å². The maximum atomic E-state index is 3.12. The third-order valence-corrected chi connectivity index (χ3v) is 2.45. The second-order valence-electron chi connectivity index (χ2n) is 3.63. The summed E-state index contributed by atoms with van der Waals surface area (Å²) in [6.45, 7) is 7.87. The number of hydrogen-bond acceptors (Lipinski definition) is 1. The van der Waals surface area contributed by atoms with Gasteiger partial charge in [-0.3, -0.25) is 0 Å². The van der Waals surface area contributed by atoms with Crippen molar-refractivity contribution in [3.63, 3.8) is 0 Å². The van der Waals surface area contributed by atoms with Crippen LogP contribution >= 0.6 is 13.6 Å². The summed E-state index contributed by atoms with van der Waals surface area (Å²) in [4.78, 5) is 2.48. The van der Waals surface area contributed by atoms with Crippen molar-refractivity contribution in [1.82, 2.24) is 4.90 Å². The molecular weight excluding hydrogens is 315 g/mol. The van der Waals surface area contributed by atoms with Gasteiger partial charge in [0.1, 0.15) is 0 Å². The fraction of sp³-hybridized carbons (Fsp3) is 0.538. The van der Waals surface area contributed by atoms with Crippen LogP contribution in [0.25, 0.3) is 0 Å². The number of hydrogen-bond donors (Lipinski definition) is 0. The maximum absolute atomic E-state index is 3.12. The Morgan fingerprint density at radius 3 is 2.62 bits per heavy atom. The van der Waals surface area contributed by atoms with E-state index in [9.17, 15) is 0 Å². The molecule has 0 saturated carbocycles. The molecule has 0 spiro atoms. The second-order valence-corrected chi connectivity index (χ2v) is 3.63. The first-order chi connectivity index (χ1) is 7.86. The number of benzene rings is 1. The zero-order valence-corrected chi connectivity index (χ0v) is 14.9.